The van der Waals surface area contributed by atoms with Crippen molar-refractivity contribution in [2.75, 3.05) is 19.5 Å². The number of amides is 3. The van der Waals surface area contributed by atoms with E-state index in [0.29, 0.717) is 0 Å². The number of nitrogens with two attached hydrogens (primary N) is 1. The first-order valence-electron chi connectivity index (χ1n) is 9.91. The maximum atomic E-state index is 13.0. The lowest BCUT2D eigenvalue weighted by Gasteiger charge is -2.49. The Morgan fingerprint density at radius 2 is 2.09 bits per heavy atom. The average Bonchev–Trinajstić information content (AvgIpc) is 3.32. The number of β-lactam (4-membered cyclic amide) rings is 1. The number of hydrogen-bond donors (Lipinski definition) is 2. The van der Waals surface area contributed by atoms with Crippen molar-refractivity contribution in [3.05, 3.63) is 27.9 Å². The Labute approximate surface area is 206 Å². The summed E-state index contributed by atoms with van der Waals surface area (Å²) in [5.74, 6) is -2.81. The van der Waals surface area contributed by atoms with Crippen LogP contribution in [-0.2, 0) is 38.2 Å². The van der Waals surface area contributed by atoms with Crippen LogP contribution in [-0.4, -0.2) is 82.6 Å². The summed E-state index contributed by atoms with van der Waals surface area (Å²) in [6.45, 7) is 2.10. The molecule has 3 heterocycles. The molecule has 16 heteroatoms. The molecular weight excluding hydrogens is 506 g/mol. The van der Waals surface area contributed by atoms with Crippen molar-refractivity contribution >= 4 is 58.7 Å². The number of ether oxygens (including phenoxy) is 3. The van der Waals surface area contributed by atoms with Crippen LogP contribution in [0.4, 0.5) is 4.79 Å². The highest BCUT2D eigenvalue weighted by Crippen LogP contribution is 2.41. The third-order valence-corrected chi connectivity index (χ3v) is 6.52. The second-order valence-electron chi connectivity index (χ2n) is 7.00. The molecule has 0 spiro atoms. The Morgan fingerprint density at radius 3 is 2.69 bits per heavy atom. The molecule has 0 radical (unpaired) electrons. The zero-order chi connectivity index (χ0) is 25.7. The molecule has 0 aromatic carbocycles. The molecule has 188 valence electrons. The molecule has 1 saturated heterocycles. The zero-order valence-electron chi connectivity index (χ0n) is 18.7. The first-order chi connectivity index (χ1) is 16.6. The van der Waals surface area contributed by atoms with Crippen LogP contribution >= 0.6 is 23.1 Å². The molecule has 0 bridgehead atoms. The number of thiazole rings is 1. The van der Waals surface area contributed by atoms with E-state index in [-0.39, 0.29) is 35.0 Å². The van der Waals surface area contributed by atoms with Gasteiger partial charge in [0.25, 0.3) is 11.8 Å². The standard InChI is InChI=1S/C19H21N5O9S2/c1-8(25)32-9(2)33-18(28)14-10(4-31-19(20)29)5-35-17-13(16(27)24(14)17)22-15(26)12(23-30-3)11-6-34-7-21-11/h6-7,9,13,17H,4-5H2,1-3H3,(H2,20,29)(H,22,26)/b23-12-/t9?,13?,17-/m0/s1. The van der Waals surface area contributed by atoms with Gasteiger partial charge in [0.1, 0.15) is 36.5 Å². The molecule has 3 rings (SSSR count). The van der Waals surface area contributed by atoms with Crippen molar-refractivity contribution in [1.29, 1.82) is 0 Å². The van der Waals surface area contributed by atoms with E-state index < -0.39 is 47.6 Å². The van der Waals surface area contributed by atoms with Crippen LogP contribution < -0.4 is 11.1 Å². The van der Waals surface area contributed by atoms with E-state index in [9.17, 15) is 24.0 Å². The molecule has 3 N–H and O–H groups in total. The summed E-state index contributed by atoms with van der Waals surface area (Å²) >= 11 is 2.47. The lowest BCUT2D eigenvalue weighted by Crippen LogP contribution is -2.71. The molecule has 35 heavy (non-hydrogen) atoms. The molecule has 14 nitrogen and oxygen atoms in total. The normalized spacial score (nSPS) is 20.3. The number of rotatable bonds is 9. The number of thioether (sulfide) groups is 1. The van der Waals surface area contributed by atoms with Gasteiger partial charge in [0.15, 0.2) is 5.71 Å². The van der Waals surface area contributed by atoms with Gasteiger partial charge >= 0.3 is 18.0 Å². The molecule has 1 fully saturated rings. The Hall–Kier alpha value is -3.66. The van der Waals surface area contributed by atoms with Crippen molar-refractivity contribution in [2.24, 2.45) is 10.9 Å². The van der Waals surface area contributed by atoms with Crippen LogP contribution in [0.1, 0.15) is 19.5 Å². The van der Waals surface area contributed by atoms with Crippen molar-refractivity contribution < 1.29 is 43.0 Å². The highest BCUT2D eigenvalue weighted by Gasteiger charge is 2.55. The number of carbonyl (C=O) groups is 5. The van der Waals surface area contributed by atoms with Gasteiger partial charge in [-0.15, -0.1) is 23.1 Å². The van der Waals surface area contributed by atoms with Crippen LogP contribution in [0.3, 0.4) is 0 Å². The minimum absolute atomic E-state index is 0.123. The molecular formula is C19H21N5O9S2. The minimum Gasteiger partial charge on any atom is -0.445 e. The smallest absolute Gasteiger partial charge is 0.404 e. The molecule has 0 aliphatic carbocycles. The van der Waals surface area contributed by atoms with Crippen molar-refractivity contribution in [3.63, 3.8) is 0 Å². The van der Waals surface area contributed by atoms with Crippen LogP contribution in [0.5, 0.6) is 0 Å². The third-order valence-electron chi connectivity index (χ3n) is 4.59. The Balaban J connectivity index is 1.80. The van der Waals surface area contributed by atoms with E-state index in [1.54, 1.807) is 5.38 Å². The van der Waals surface area contributed by atoms with Crippen molar-refractivity contribution in [1.82, 2.24) is 15.2 Å². The number of carbonyl (C=O) groups excluding carboxylic acids is 5. The fourth-order valence-electron chi connectivity index (χ4n) is 3.24. The summed E-state index contributed by atoms with van der Waals surface area (Å²) in [5, 5.41) is 7.19. The number of oxime groups is 1. The largest absolute Gasteiger partial charge is 0.445 e. The fourth-order valence-corrected chi connectivity index (χ4v) is 5.10. The van der Waals surface area contributed by atoms with Gasteiger partial charge in [-0.1, -0.05) is 5.16 Å². The highest BCUT2D eigenvalue weighted by molar-refractivity contribution is 8.00. The fraction of sp³-hybridized carbons (Fsp3) is 0.421. The molecule has 2 aliphatic rings. The second-order valence-corrected chi connectivity index (χ2v) is 8.82. The Kier molecular flexibility index (Phi) is 8.29. The van der Waals surface area contributed by atoms with E-state index in [1.165, 1.54) is 42.6 Å². The monoisotopic (exact) mass is 527 g/mol. The molecule has 2 unspecified atom stereocenters. The molecule has 0 saturated carbocycles. The lowest BCUT2D eigenvalue weighted by molar-refractivity contribution is -0.182. The molecule has 3 amide bonds. The van der Waals surface area contributed by atoms with Gasteiger partial charge in [0, 0.05) is 30.6 Å². The molecule has 1 aromatic heterocycles. The first-order valence-corrected chi connectivity index (χ1v) is 11.9. The maximum absolute atomic E-state index is 13.0. The van der Waals surface area contributed by atoms with Crippen LogP contribution in [0.2, 0.25) is 0 Å². The quantitative estimate of drug-likeness (QED) is 0.141. The molecule has 3 atom stereocenters. The summed E-state index contributed by atoms with van der Waals surface area (Å²) in [4.78, 5) is 70.8. The van der Waals surface area contributed by atoms with Crippen LogP contribution in [0.15, 0.2) is 27.3 Å². The Morgan fingerprint density at radius 1 is 1.34 bits per heavy atom. The third kappa shape index (κ3) is 5.89. The lowest BCUT2D eigenvalue weighted by atomic mass is 10.0. The van der Waals surface area contributed by atoms with Crippen molar-refractivity contribution in [2.45, 2.75) is 31.6 Å². The first kappa shape index (κ1) is 26.0. The Bertz CT molecular complexity index is 1090. The number of nitrogens with zero attached hydrogens (tertiary/aromatic N) is 3. The average molecular weight is 528 g/mol. The summed E-state index contributed by atoms with van der Waals surface area (Å²) < 4.78 is 14.7. The van der Waals surface area contributed by atoms with Gasteiger partial charge in [0.2, 0.25) is 6.29 Å². The molecule has 2 aliphatic heterocycles. The van der Waals surface area contributed by atoms with Crippen LogP contribution in [0.25, 0.3) is 0 Å². The number of primary amides is 1. The van der Waals surface area contributed by atoms with E-state index in [1.807, 2.05) is 0 Å². The number of fused-ring (bicyclic) bond motifs is 1. The van der Waals surface area contributed by atoms with Gasteiger partial charge in [-0.2, -0.15) is 0 Å². The number of esters is 2. The number of hydrogen-bond acceptors (Lipinski definition) is 13. The SMILES string of the molecule is CO/N=C(\C(=O)NC1C(=O)N2C(C(=O)OC(C)OC(C)=O)=C(COC(N)=O)CS[C@@H]12)c1cscn1. The van der Waals surface area contributed by atoms with Crippen molar-refractivity contribution in [3.8, 4) is 0 Å². The van der Waals surface area contributed by atoms with Gasteiger partial charge < -0.3 is 30.1 Å². The summed E-state index contributed by atoms with van der Waals surface area (Å²) in [7, 11) is 1.27. The van der Waals surface area contributed by atoms with Gasteiger partial charge in [-0.05, 0) is 0 Å². The van der Waals surface area contributed by atoms with E-state index in [0.717, 1.165) is 11.8 Å². The summed E-state index contributed by atoms with van der Waals surface area (Å²) in [6.07, 6.45) is -2.31. The maximum Gasteiger partial charge on any atom is 0.404 e. The molecule has 1 aromatic rings. The second kappa shape index (κ2) is 11.2. The number of aromatic nitrogens is 1. The van der Waals surface area contributed by atoms with E-state index >= 15 is 0 Å². The van der Waals surface area contributed by atoms with Gasteiger partial charge in [-0.3, -0.25) is 19.3 Å². The summed E-state index contributed by atoms with van der Waals surface area (Å²) in [6, 6.07) is -1.000. The van der Waals surface area contributed by atoms with E-state index in [2.05, 4.69) is 15.5 Å². The number of nitrogens with one attached hydrogen (secondary N) is 1. The van der Waals surface area contributed by atoms with Crippen LogP contribution in [0, 0.1) is 0 Å². The predicted octanol–water partition coefficient (Wildman–Crippen LogP) is -0.305. The predicted molar refractivity (Wildman–Crippen MR) is 121 cm³/mol. The van der Waals surface area contributed by atoms with E-state index in [4.69, 9.17) is 24.8 Å². The van der Waals surface area contributed by atoms with Gasteiger partial charge in [0.05, 0.1) is 5.51 Å². The minimum atomic E-state index is -1.24. The van der Waals surface area contributed by atoms with Gasteiger partial charge in [-0.25, -0.2) is 14.6 Å². The zero-order valence-corrected chi connectivity index (χ0v) is 20.3. The highest BCUT2D eigenvalue weighted by atomic mass is 32.2. The summed E-state index contributed by atoms with van der Waals surface area (Å²) in [5.41, 5.74) is 6.75. The topological polar surface area (TPSA) is 189 Å².